The molecule has 62 valence electrons. The van der Waals surface area contributed by atoms with Crippen molar-refractivity contribution >= 4 is 23.2 Å². The van der Waals surface area contributed by atoms with Crippen molar-refractivity contribution < 1.29 is 6.53 Å². The molecule has 1 heterocycles. The summed E-state index contributed by atoms with van der Waals surface area (Å²) in [6.07, 6.45) is 0. The van der Waals surface area contributed by atoms with Crippen molar-refractivity contribution in [2.75, 3.05) is 0 Å². The Morgan fingerprint density at radius 1 is 1.18 bits per heavy atom. The molecule has 0 N–H and O–H groups in total. The van der Waals surface area contributed by atoms with Crippen LogP contribution in [0.3, 0.4) is 0 Å². The second-order valence-corrected chi connectivity index (χ2v) is 3.00. The zero-order valence-electron chi connectivity index (χ0n) is 6.11. The molecule has 0 atom stereocenters. The molecule has 0 fully saturated rings. The number of aryl methyl sites for hydroxylation is 2. The molecule has 1 aromatic heterocycles. The zero-order chi connectivity index (χ0) is 8.59. The Morgan fingerprint density at radius 3 is 1.91 bits per heavy atom. The molecule has 0 aliphatic rings. The Hall–Kier alpha value is -0.470. The molecular weight excluding hydrogens is 185 g/mol. The van der Waals surface area contributed by atoms with Crippen LogP contribution in [0.15, 0.2) is 0 Å². The van der Waals surface area contributed by atoms with Crippen molar-refractivity contribution in [2.45, 2.75) is 13.8 Å². The van der Waals surface area contributed by atoms with E-state index < -0.39 is 0 Å². The zero-order valence-corrected chi connectivity index (χ0v) is 7.62. The lowest BCUT2D eigenvalue weighted by Crippen LogP contribution is -1.98. The molecule has 0 aliphatic heterocycles. The minimum Gasteiger partial charge on any atom is -0.870 e. The number of nitrogens with zero attached hydrogens (tertiary/aromatic N) is 1. The molecule has 2 nitrogen and oxygen atoms in total. The molecule has 0 saturated carbocycles. The maximum Gasteiger partial charge on any atom is 0.0556 e. The van der Waals surface area contributed by atoms with E-state index in [1.807, 2.05) is 0 Å². The maximum atomic E-state index is 11.1. The van der Waals surface area contributed by atoms with Gasteiger partial charge >= 0.3 is 0 Å². The quantitative estimate of drug-likeness (QED) is 0.633. The van der Waals surface area contributed by atoms with Gasteiger partial charge in [0.1, 0.15) is 0 Å². The Balaban J connectivity index is 0.00000121. The Bertz CT molecular complexity index is 278. The second-order valence-electron chi connectivity index (χ2n) is 2.24. The first-order chi connectivity index (χ1) is 5.04. The molecule has 0 saturated heterocycles. The van der Waals surface area contributed by atoms with Gasteiger partial charge < -0.3 is 5.11 Å². The largest absolute Gasteiger partial charge is 0.870 e. The first kappa shape index (κ1) is 8.62. The predicted molar refractivity (Wildman–Crippen MR) is 45.3 cm³/mol. The minimum absolute atomic E-state index is 0. The van der Waals surface area contributed by atoms with Crippen molar-refractivity contribution in [3.05, 3.63) is 21.4 Å². The summed E-state index contributed by atoms with van der Waals surface area (Å²) >= 11 is 11.2. The molecule has 0 aromatic carbocycles. The number of rotatable bonds is 0. The van der Waals surface area contributed by atoms with E-state index in [1.165, 1.54) is 0 Å². The fourth-order valence-corrected chi connectivity index (χ4v) is 1.10. The molecule has 0 spiro atoms. The van der Waals surface area contributed by atoms with Crippen LogP contribution in [0.4, 0.5) is 0 Å². The summed E-state index contributed by atoms with van der Waals surface area (Å²) in [6, 6.07) is 0. The Kier molecular flexibility index (Phi) is 2.25. The predicted octanol–water partition coefficient (Wildman–Crippen LogP) is 2.32. The second kappa shape index (κ2) is 2.88. The lowest BCUT2D eigenvalue weighted by Gasteiger charge is -2.13. The number of halogens is 2. The van der Waals surface area contributed by atoms with Gasteiger partial charge in [0.05, 0.1) is 21.4 Å². The van der Waals surface area contributed by atoms with Crippen LogP contribution < -0.4 is 5.11 Å². The van der Waals surface area contributed by atoms with E-state index in [9.17, 15) is 5.11 Å². The monoisotopic (exact) mass is 192 g/mol. The van der Waals surface area contributed by atoms with E-state index in [0.717, 1.165) is 0 Å². The summed E-state index contributed by atoms with van der Waals surface area (Å²) in [5.41, 5.74) is 1.05. The molecule has 1 rings (SSSR count). The van der Waals surface area contributed by atoms with Crippen molar-refractivity contribution in [1.82, 2.24) is 4.98 Å². The summed E-state index contributed by atoms with van der Waals surface area (Å²) in [5, 5.41) is 11.3. The smallest absolute Gasteiger partial charge is 0.0556 e. The van der Waals surface area contributed by atoms with Gasteiger partial charge in [-0.3, -0.25) is 4.98 Å². The summed E-state index contributed by atoms with van der Waals surface area (Å²) in [5.74, 6) is -0.335. The molecule has 0 aliphatic carbocycles. The maximum absolute atomic E-state index is 11.1. The fourth-order valence-electron chi connectivity index (χ4n) is 0.775. The van der Waals surface area contributed by atoms with E-state index in [4.69, 9.17) is 23.2 Å². The molecule has 0 unspecified atom stereocenters. The molecule has 4 heteroatoms. The molecule has 0 radical (unpaired) electrons. The summed E-state index contributed by atoms with van der Waals surface area (Å²) in [7, 11) is 0. The standard InChI is InChI=1S/C7H7Cl2NO.H2/c1-3-5(8)7(11)6(9)4(2)10-3;/h1-2H3,(H,10,11);1H/p-1. The van der Waals surface area contributed by atoms with E-state index in [-0.39, 0.29) is 17.2 Å². The van der Waals surface area contributed by atoms with Gasteiger partial charge in [0.15, 0.2) is 0 Å². The molecule has 0 bridgehead atoms. The van der Waals surface area contributed by atoms with E-state index in [0.29, 0.717) is 11.4 Å². The topological polar surface area (TPSA) is 36.0 Å². The van der Waals surface area contributed by atoms with Crippen molar-refractivity contribution in [1.29, 1.82) is 0 Å². The van der Waals surface area contributed by atoms with Crippen molar-refractivity contribution in [3.8, 4) is 5.75 Å². The van der Waals surface area contributed by atoms with Gasteiger partial charge in [0.2, 0.25) is 0 Å². The first-order valence-electron chi connectivity index (χ1n) is 3.03. The van der Waals surface area contributed by atoms with Crippen LogP contribution in [0, 0.1) is 13.8 Å². The normalized spacial score (nSPS) is 10.2. The van der Waals surface area contributed by atoms with Crippen LogP contribution in [0.25, 0.3) is 0 Å². The number of hydrogen-bond donors (Lipinski definition) is 0. The van der Waals surface area contributed by atoms with Crippen molar-refractivity contribution in [3.63, 3.8) is 0 Å². The highest BCUT2D eigenvalue weighted by molar-refractivity contribution is 6.37. The number of hydrogen-bond acceptors (Lipinski definition) is 2. The molecule has 0 amide bonds. The SMILES string of the molecule is Cc1nc(C)c(Cl)c([O-])c1Cl.[HH]. The van der Waals surface area contributed by atoms with Gasteiger partial charge in [0, 0.05) is 1.43 Å². The first-order valence-corrected chi connectivity index (χ1v) is 3.79. The Labute approximate surface area is 76.3 Å². The van der Waals surface area contributed by atoms with Gasteiger partial charge in [-0.05, 0) is 13.8 Å². The van der Waals surface area contributed by atoms with Gasteiger partial charge in [-0.2, -0.15) is 0 Å². The Morgan fingerprint density at radius 2 is 1.55 bits per heavy atom. The highest BCUT2D eigenvalue weighted by atomic mass is 35.5. The van der Waals surface area contributed by atoms with Gasteiger partial charge in [0.25, 0.3) is 0 Å². The highest BCUT2D eigenvalue weighted by Crippen LogP contribution is 2.32. The lowest BCUT2D eigenvalue weighted by molar-refractivity contribution is -0.268. The number of pyridine rings is 1. The molecule has 11 heavy (non-hydrogen) atoms. The highest BCUT2D eigenvalue weighted by Gasteiger charge is 2.04. The minimum atomic E-state index is -0.335. The van der Waals surface area contributed by atoms with Gasteiger partial charge in [-0.1, -0.05) is 29.0 Å². The third-order valence-electron chi connectivity index (χ3n) is 1.37. The lowest BCUT2D eigenvalue weighted by atomic mass is 10.3. The van der Waals surface area contributed by atoms with Crippen LogP contribution >= 0.6 is 23.2 Å². The van der Waals surface area contributed by atoms with Gasteiger partial charge in [-0.25, -0.2) is 0 Å². The van der Waals surface area contributed by atoms with E-state index in [2.05, 4.69) is 4.98 Å². The summed E-state index contributed by atoms with van der Waals surface area (Å²) < 4.78 is 0. The average Bonchev–Trinajstić information content (AvgIpc) is 1.97. The number of aromatic nitrogens is 1. The average molecular weight is 193 g/mol. The fraction of sp³-hybridized carbons (Fsp3) is 0.286. The third kappa shape index (κ3) is 1.42. The molecule has 1 aromatic rings. The van der Waals surface area contributed by atoms with E-state index >= 15 is 0 Å². The van der Waals surface area contributed by atoms with Crippen LogP contribution in [0.5, 0.6) is 5.75 Å². The van der Waals surface area contributed by atoms with Crippen LogP contribution in [0.1, 0.15) is 12.8 Å². The van der Waals surface area contributed by atoms with Crippen LogP contribution in [0.2, 0.25) is 10.0 Å². The van der Waals surface area contributed by atoms with Gasteiger partial charge in [-0.15, -0.1) is 0 Å². The van der Waals surface area contributed by atoms with E-state index in [1.54, 1.807) is 13.8 Å². The summed E-state index contributed by atoms with van der Waals surface area (Å²) in [4.78, 5) is 3.97. The van der Waals surface area contributed by atoms with Crippen molar-refractivity contribution in [2.24, 2.45) is 0 Å². The summed E-state index contributed by atoms with van der Waals surface area (Å²) in [6.45, 7) is 3.35. The molecular formula is C7H8Cl2NO-. The van der Waals surface area contributed by atoms with Crippen LogP contribution in [-0.4, -0.2) is 4.98 Å². The van der Waals surface area contributed by atoms with Crippen LogP contribution in [-0.2, 0) is 0 Å². The third-order valence-corrected chi connectivity index (χ3v) is 2.26.